The van der Waals surface area contributed by atoms with E-state index in [1.54, 1.807) is 0 Å². The van der Waals surface area contributed by atoms with Crippen LogP contribution in [0.4, 0.5) is 4.39 Å². The molecule has 0 bridgehead atoms. The van der Waals surface area contributed by atoms with E-state index in [1.165, 1.54) is 19.1 Å². The van der Waals surface area contributed by atoms with Gasteiger partial charge in [-0.15, -0.1) is 0 Å². The van der Waals surface area contributed by atoms with Gasteiger partial charge in [0, 0.05) is 13.5 Å². The normalized spacial score (nSPS) is 10.8. The van der Waals surface area contributed by atoms with Crippen LogP contribution in [-0.2, 0) is 4.79 Å². The van der Waals surface area contributed by atoms with E-state index in [4.69, 9.17) is 0 Å². The van der Waals surface area contributed by atoms with E-state index < -0.39 is 0 Å². The number of hydrogen-bond acceptors (Lipinski definition) is 1. The average Bonchev–Trinajstić information content (AvgIpc) is 2.20. The number of carbonyl (C=O) groups is 1. The van der Waals surface area contributed by atoms with Crippen LogP contribution < -0.4 is 5.32 Å². The first kappa shape index (κ1) is 13.4. The first-order valence-corrected chi connectivity index (χ1v) is 5.68. The van der Waals surface area contributed by atoms with Crippen LogP contribution in [-0.4, -0.2) is 12.5 Å². The van der Waals surface area contributed by atoms with Gasteiger partial charge in [-0.05, 0) is 49.1 Å². The van der Waals surface area contributed by atoms with E-state index >= 15 is 0 Å². The highest BCUT2D eigenvalue weighted by molar-refractivity contribution is 5.72. The smallest absolute Gasteiger partial charge is 0.216 e. The van der Waals surface area contributed by atoms with Crippen LogP contribution in [0.15, 0.2) is 18.2 Å². The van der Waals surface area contributed by atoms with Crippen molar-refractivity contribution in [3.63, 3.8) is 0 Å². The minimum absolute atomic E-state index is 0.0208. The number of rotatable bonds is 4. The molecule has 1 aromatic carbocycles. The second kappa shape index (κ2) is 6.18. The maximum absolute atomic E-state index is 13.1. The van der Waals surface area contributed by atoms with Gasteiger partial charge in [-0.3, -0.25) is 4.79 Å². The van der Waals surface area contributed by atoms with Crippen molar-refractivity contribution in [2.45, 2.75) is 27.2 Å². The predicted molar refractivity (Wildman–Crippen MR) is 68.2 cm³/mol. The molecule has 0 fully saturated rings. The summed E-state index contributed by atoms with van der Waals surface area (Å²) in [4.78, 5) is 10.6. The lowest BCUT2D eigenvalue weighted by Crippen LogP contribution is -2.20. The Morgan fingerprint density at radius 1 is 1.35 bits per heavy atom. The van der Waals surface area contributed by atoms with Gasteiger partial charge in [-0.2, -0.15) is 0 Å². The van der Waals surface area contributed by atoms with Gasteiger partial charge in [0.15, 0.2) is 0 Å². The van der Waals surface area contributed by atoms with Crippen molar-refractivity contribution >= 4 is 12.0 Å². The van der Waals surface area contributed by atoms with Crippen molar-refractivity contribution < 1.29 is 9.18 Å². The van der Waals surface area contributed by atoms with Crippen LogP contribution in [0, 0.1) is 19.7 Å². The standard InChI is InChI=1S/C14H18FNO/c1-10-8-13(15)9-11(2)14(10)6-4-5-7-16-12(3)17/h4,6,8-9H,5,7H2,1-3H3,(H,16,17). The number of nitrogens with one attached hydrogen (secondary N) is 1. The van der Waals surface area contributed by atoms with E-state index in [-0.39, 0.29) is 11.7 Å². The van der Waals surface area contributed by atoms with Gasteiger partial charge in [0.05, 0.1) is 0 Å². The molecular weight excluding hydrogens is 217 g/mol. The van der Waals surface area contributed by atoms with Crippen molar-refractivity contribution in [1.29, 1.82) is 0 Å². The molecule has 1 amide bonds. The van der Waals surface area contributed by atoms with Crippen LogP contribution in [0.3, 0.4) is 0 Å². The van der Waals surface area contributed by atoms with Gasteiger partial charge in [-0.1, -0.05) is 12.2 Å². The molecule has 92 valence electrons. The Hall–Kier alpha value is -1.64. The summed E-state index contributed by atoms with van der Waals surface area (Å²) in [6, 6.07) is 3.06. The Morgan fingerprint density at radius 3 is 2.47 bits per heavy atom. The van der Waals surface area contributed by atoms with Crippen molar-refractivity contribution in [3.8, 4) is 0 Å². The monoisotopic (exact) mass is 235 g/mol. The van der Waals surface area contributed by atoms with Crippen LogP contribution >= 0.6 is 0 Å². The number of carbonyl (C=O) groups excluding carboxylic acids is 1. The number of benzene rings is 1. The maximum atomic E-state index is 13.1. The molecule has 0 aliphatic carbocycles. The molecule has 0 aliphatic heterocycles. The van der Waals surface area contributed by atoms with E-state index in [1.807, 2.05) is 26.0 Å². The minimum Gasteiger partial charge on any atom is -0.356 e. The quantitative estimate of drug-likeness (QED) is 0.799. The molecule has 0 saturated heterocycles. The van der Waals surface area contributed by atoms with Crippen LogP contribution in [0.2, 0.25) is 0 Å². The van der Waals surface area contributed by atoms with Crippen molar-refractivity contribution in [3.05, 3.63) is 40.7 Å². The molecule has 0 heterocycles. The Balaban J connectivity index is 2.62. The van der Waals surface area contributed by atoms with Crippen LogP contribution in [0.1, 0.15) is 30.0 Å². The summed E-state index contributed by atoms with van der Waals surface area (Å²) < 4.78 is 13.1. The molecule has 0 saturated carbocycles. The maximum Gasteiger partial charge on any atom is 0.216 e. The van der Waals surface area contributed by atoms with Gasteiger partial charge in [0.25, 0.3) is 0 Å². The zero-order chi connectivity index (χ0) is 12.8. The molecule has 1 aromatic rings. The molecular formula is C14H18FNO. The fourth-order valence-corrected chi connectivity index (χ4v) is 1.72. The van der Waals surface area contributed by atoms with Crippen LogP contribution in [0.5, 0.6) is 0 Å². The molecule has 1 rings (SSSR count). The summed E-state index contributed by atoms with van der Waals surface area (Å²) in [5.41, 5.74) is 2.91. The van der Waals surface area contributed by atoms with Crippen molar-refractivity contribution in [2.75, 3.05) is 6.54 Å². The molecule has 0 aliphatic rings. The molecule has 0 unspecified atom stereocenters. The lowest BCUT2D eigenvalue weighted by Gasteiger charge is -2.05. The predicted octanol–water partition coefficient (Wildman–Crippen LogP) is 2.98. The summed E-state index contributed by atoms with van der Waals surface area (Å²) >= 11 is 0. The largest absolute Gasteiger partial charge is 0.356 e. The summed E-state index contributed by atoms with van der Waals surface area (Å²) in [5, 5.41) is 2.72. The Labute approximate surface area is 102 Å². The number of amides is 1. The lowest BCUT2D eigenvalue weighted by atomic mass is 10.0. The number of hydrogen-bond donors (Lipinski definition) is 1. The van der Waals surface area contributed by atoms with Gasteiger partial charge >= 0.3 is 0 Å². The summed E-state index contributed by atoms with van der Waals surface area (Å²) in [7, 11) is 0. The zero-order valence-corrected chi connectivity index (χ0v) is 10.5. The second-order valence-corrected chi connectivity index (χ2v) is 4.13. The molecule has 2 nitrogen and oxygen atoms in total. The first-order valence-electron chi connectivity index (χ1n) is 5.68. The molecule has 17 heavy (non-hydrogen) atoms. The van der Waals surface area contributed by atoms with E-state index in [0.29, 0.717) is 6.54 Å². The number of aryl methyl sites for hydroxylation is 2. The molecule has 0 spiro atoms. The third kappa shape index (κ3) is 4.39. The number of halogens is 1. The molecule has 0 radical (unpaired) electrons. The van der Waals surface area contributed by atoms with Gasteiger partial charge in [0.1, 0.15) is 5.82 Å². The second-order valence-electron chi connectivity index (χ2n) is 4.13. The van der Waals surface area contributed by atoms with Gasteiger partial charge in [0.2, 0.25) is 5.91 Å². The summed E-state index contributed by atoms with van der Waals surface area (Å²) in [6.45, 7) is 5.91. The Kier molecular flexibility index (Phi) is 4.88. The summed E-state index contributed by atoms with van der Waals surface area (Å²) in [6.07, 6.45) is 4.74. The molecule has 1 N–H and O–H groups in total. The Morgan fingerprint density at radius 2 is 1.94 bits per heavy atom. The minimum atomic E-state index is -0.199. The Bertz CT molecular complexity index is 415. The van der Waals surface area contributed by atoms with Crippen molar-refractivity contribution in [1.82, 2.24) is 5.32 Å². The third-order valence-electron chi connectivity index (χ3n) is 2.53. The fraction of sp³-hybridized carbons (Fsp3) is 0.357. The average molecular weight is 235 g/mol. The summed E-state index contributed by atoms with van der Waals surface area (Å²) in [5.74, 6) is -0.220. The van der Waals surface area contributed by atoms with E-state index in [0.717, 1.165) is 23.1 Å². The highest BCUT2D eigenvalue weighted by Gasteiger charge is 2.01. The van der Waals surface area contributed by atoms with E-state index in [9.17, 15) is 9.18 Å². The molecule has 0 atom stereocenters. The molecule has 3 heteroatoms. The SMILES string of the molecule is CC(=O)NCCC=Cc1c(C)cc(F)cc1C. The topological polar surface area (TPSA) is 29.1 Å². The van der Waals surface area contributed by atoms with Crippen molar-refractivity contribution in [2.24, 2.45) is 0 Å². The highest BCUT2D eigenvalue weighted by atomic mass is 19.1. The van der Waals surface area contributed by atoms with Crippen LogP contribution in [0.25, 0.3) is 6.08 Å². The molecule has 0 aromatic heterocycles. The van der Waals surface area contributed by atoms with E-state index in [2.05, 4.69) is 5.32 Å². The highest BCUT2D eigenvalue weighted by Crippen LogP contribution is 2.17. The van der Waals surface area contributed by atoms with Gasteiger partial charge < -0.3 is 5.32 Å². The zero-order valence-electron chi connectivity index (χ0n) is 10.5. The first-order chi connectivity index (χ1) is 8.00. The lowest BCUT2D eigenvalue weighted by molar-refractivity contribution is -0.118. The van der Waals surface area contributed by atoms with Gasteiger partial charge in [-0.25, -0.2) is 4.39 Å². The fourth-order valence-electron chi connectivity index (χ4n) is 1.72. The third-order valence-corrected chi connectivity index (χ3v) is 2.53.